The first-order valence-corrected chi connectivity index (χ1v) is 9.02. The maximum atomic E-state index is 12.0. The Morgan fingerprint density at radius 2 is 2.07 bits per heavy atom. The normalized spacial score (nSPS) is 14.4. The molecule has 1 aliphatic rings. The number of fused-ring (bicyclic) bond motifs is 1. The second-order valence-electron chi connectivity index (χ2n) is 6.47. The van der Waals surface area contributed by atoms with Gasteiger partial charge in [-0.1, -0.05) is 6.07 Å². The summed E-state index contributed by atoms with van der Waals surface area (Å²) in [4.78, 5) is 23.9. The van der Waals surface area contributed by atoms with Crippen LogP contribution in [-0.2, 0) is 22.4 Å². The fraction of sp³-hybridized carbons (Fsp3) is 0.350. The quantitative estimate of drug-likeness (QED) is 0.578. The highest BCUT2D eigenvalue weighted by atomic mass is 16.5. The first-order chi connectivity index (χ1) is 13.1. The Balaban J connectivity index is 1.42. The highest BCUT2D eigenvalue weighted by Crippen LogP contribution is 2.25. The van der Waals surface area contributed by atoms with Crippen LogP contribution >= 0.6 is 0 Å². The van der Waals surface area contributed by atoms with Crippen molar-refractivity contribution in [3.8, 4) is 5.75 Å². The van der Waals surface area contributed by atoms with Gasteiger partial charge in [0.05, 0.1) is 12.5 Å². The van der Waals surface area contributed by atoms with E-state index < -0.39 is 11.9 Å². The maximum absolute atomic E-state index is 12.0. The molecule has 7 nitrogen and oxygen atoms in total. The van der Waals surface area contributed by atoms with Crippen LogP contribution in [-0.4, -0.2) is 30.7 Å². The molecular formula is C20H23N3O4. The van der Waals surface area contributed by atoms with E-state index in [0.717, 1.165) is 12.8 Å². The fourth-order valence-electron chi connectivity index (χ4n) is 2.92. The highest BCUT2D eigenvalue weighted by Gasteiger charge is 2.16. The number of rotatable bonds is 7. The number of carbonyl (C=O) groups is 2. The Morgan fingerprint density at radius 1 is 1.26 bits per heavy atom. The number of nitrogens with zero attached hydrogens (tertiary/aromatic N) is 1. The number of carbonyl (C=O) groups excluding carboxylic acids is 2. The number of aryl methyl sites for hydroxylation is 2. The molecule has 0 saturated heterocycles. The molecule has 0 bridgehead atoms. The largest absolute Gasteiger partial charge is 0.484 e. The van der Waals surface area contributed by atoms with Crippen molar-refractivity contribution >= 4 is 18.0 Å². The number of benzene rings is 1. The average Bonchev–Trinajstić information content (AvgIpc) is 3.19. The Morgan fingerprint density at radius 3 is 2.85 bits per heavy atom. The van der Waals surface area contributed by atoms with Crippen molar-refractivity contribution in [2.45, 2.75) is 38.6 Å². The molecule has 1 unspecified atom stereocenters. The lowest BCUT2D eigenvalue weighted by Gasteiger charge is -2.17. The zero-order valence-electron chi connectivity index (χ0n) is 15.2. The molecule has 142 valence electrons. The molecule has 1 aromatic heterocycles. The van der Waals surface area contributed by atoms with Gasteiger partial charge in [0.2, 0.25) is 0 Å². The summed E-state index contributed by atoms with van der Waals surface area (Å²) in [6.07, 6.45) is 7.45. The number of hydrogen-bond donors (Lipinski definition) is 2. The topological polar surface area (TPSA) is 92.9 Å². The van der Waals surface area contributed by atoms with Crippen molar-refractivity contribution < 1.29 is 18.7 Å². The molecular weight excluding hydrogens is 346 g/mol. The van der Waals surface area contributed by atoms with Crippen LogP contribution in [0.5, 0.6) is 5.75 Å². The standard InChI is InChI=1S/C20H23N3O4/c1-14(20(25)23-21-12-18-7-4-10-26-18)22-19(24)13-27-17-9-8-15-5-2-3-6-16(15)11-17/h4,7-12,14H,2-3,5-6,13H2,1H3,(H,22,24)(H,23,25)/b21-12+. The first kappa shape index (κ1) is 18.7. The van der Waals surface area contributed by atoms with Crippen molar-refractivity contribution in [3.63, 3.8) is 0 Å². The predicted octanol–water partition coefficient (Wildman–Crippen LogP) is 2.19. The van der Waals surface area contributed by atoms with Crippen LogP contribution in [0, 0.1) is 0 Å². The SMILES string of the molecule is CC(NC(=O)COc1ccc2c(c1)CCCC2)C(=O)N/N=C/c1ccco1. The molecule has 0 spiro atoms. The number of furan rings is 1. The second-order valence-corrected chi connectivity index (χ2v) is 6.47. The van der Waals surface area contributed by atoms with Gasteiger partial charge in [0.1, 0.15) is 17.6 Å². The van der Waals surface area contributed by atoms with E-state index in [9.17, 15) is 9.59 Å². The Hall–Kier alpha value is -3.09. The van der Waals surface area contributed by atoms with Crippen LogP contribution in [0.2, 0.25) is 0 Å². The zero-order chi connectivity index (χ0) is 19.1. The number of ether oxygens (including phenoxy) is 1. The maximum Gasteiger partial charge on any atom is 0.262 e. The van der Waals surface area contributed by atoms with E-state index in [-0.39, 0.29) is 12.5 Å². The smallest absolute Gasteiger partial charge is 0.262 e. The van der Waals surface area contributed by atoms with E-state index in [1.807, 2.05) is 12.1 Å². The molecule has 0 radical (unpaired) electrons. The molecule has 2 N–H and O–H groups in total. The molecule has 27 heavy (non-hydrogen) atoms. The van der Waals surface area contributed by atoms with Crippen LogP contribution in [0.15, 0.2) is 46.1 Å². The van der Waals surface area contributed by atoms with Gasteiger partial charge in [0, 0.05) is 0 Å². The molecule has 1 heterocycles. The summed E-state index contributed by atoms with van der Waals surface area (Å²) in [7, 11) is 0. The van der Waals surface area contributed by atoms with E-state index in [2.05, 4.69) is 21.9 Å². The van der Waals surface area contributed by atoms with Crippen LogP contribution in [0.4, 0.5) is 0 Å². The van der Waals surface area contributed by atoms with E-state index in [4.69, 9.17) is 9.15 Å². The number of hydrazone groups is 1. The lowest BCUT2D eigenvalue weighted by molar-refractivity contribution is -0.129. The minimum atomic E-state index is -0.738. The van der Waals surface area contributed by atoms with Crippen molar-refractivity contribution in [1.82, 2.24) is 10.7 Å². The third-order valence-electron chi connectivity index (χ3n) is 4.37. The number of amides is 2. The minimum Gasteiger partial charge on any atom is -0.484 e. The fourth-order valence-corrected chi connectivity index (χ4v) is 2.92. The van der Waals surface area contributed by atoms with E-state index >= 15 is 0 Å². The lowest BCUT2D eigenvalue weighted by Crippen LogP contribution is -2.45. The molecule has 2 amide bonds. The van der Waals surface area contributed by atoms with Crippen LogP contribution in [0.3, 0.4) is 0 Å². The molecule has 1 aromatic carbocycles. The van der Waals surface area contributed by atoms with Gasteiger partial charge in [-0.3, -0.25) is 9.59 Å². The molecule has 0 fully saturated rings. The Kier molecular flexibility index (Phi) is 6.25. The van der Waals surface area contributed by atoms with E-state index in [1.54, 1.807) is 19.1 Å². The third kappa shape index (κ3) is 5.44. The van der Waals surface area contributed by atoms with Crippen LogP contribution in [0.1, 0.15) is 36.7 Å². The van der Waals surface area contributed by atoms with E-state index in [0.29, 0.717) is 11.5 Å². The number of hydrogen-bond acceptors (Lipinski definition) is 5. The van der Waals surface area contributed by atoms with Gasteiger partial charge in [-0.05, 0) is 68.0 Å². The summed E-state index contributed by atoms with van der Waals surface area (Å²) in [5.41, 5.74) is 5.00. The van der Waals surface area contributed by atoms with Crippen LogP contribution < -0.4 is 15.5 Å². The van der Waals surface area contributed by atoms with Gasteiger partial charge in [-0.25, -0.2) is 5.43 Å². The summed E-state index contributed by atoms with van der Waals surface area (Å²) in [6, 6.07) is 8.64. The van der Waals surface area contributed by atoms with Gasteiger partial charge in [0.25, 0.3) is 11.8 Å². The molecule has 3 rings (SSSR count). The molecule has 7 heteroatoms. The van der Waals surface area contributed by atoms with Crippen molar-refractivity contribution in [2.75, 3.05) is 6.61 Å². The van der Waals surface area contributed by atoms with Gasteiger partial charge < -0.3 is 14.5 Å². The molecule has 1 aliphatic carbocycles. The Labute approximate surface area is 157 Å². The van der Waals surface area contributed by atoms with E-state index in [1.165, 1.54) is 36.4 Å². The Bertz CT molecular complexity index is 815. The van der Waals surface area contributed by atoms with Gasteiger partial charge in [-0.2, -0.15) is 5.10 Å². The first-order valence-electron chi connectivity index (χ1n) is 9.02. The zero-order valence-corrected chi connectivity index (χ0v) is 15.2. The summed E-state index contributed by atoms with van der Waals surface area (Å²) < 4.78 is 10.6. The molecule has 1 atom stereocenters. The van der Waals surface area contributed by atoms with Crippen molar-refractivity contribution in [3.05, 3.63) is 53.5 Å². The summed E-state index contributed by atoms with van der Waals surface area (Å²) in [5.74, 6) is 0.390. The molecule has 0 saturated carbocycles. The van der Waals surface area contributed by atoms with Gasteiger partial charge in [0.15, 0.2) is 6.61 Å². The van der Waals surface area contributed by atoms with Crippen molar-refractivity contribution in [2.24, 2.45) is 5.10 Å². The summed E-state index contributed by atoms with van der Waals surface area (Å²) in [5, 5.41) is 6.36. The average molecular weight is 369 g/mol. The summed E-state index contributed by atoms with van der Waals surface area (Å²) >= 11 is 0. The van der Waals surface area contributed by atoms with Gasteiger partial charge >= 0.3 is 0 Å². The van der Waals surface area contributed by atoms with Crippen molar-refractivity contribution in [1.29, 1.82) is 0 Å². The second kappa shape index (κ2) is 9.02. The number of nitrogens with one attached hydrogen (secondary N) is 2. The third-order valence-corrected chi connectivity index (χ3v) is 4.37. The lowest BCUT2D eigenvalue weighted by atomic mass is 9.92. The monoisotopic (exact) mass is 369 g/mol. The molecule has 2 aromatic rings. The highest BCUT2D eigenvalue weighted by molar-refractivity contribution is 5.88. The minimum absolute atomic E-state index is 0.147. The summed E-state index contributed by atoms with van der Waals surface area (Å²) in [6.45, 7) is 1.43. The van der Waals surface area contributed by atoms with Gasteiger partial charge in [-0.15, -0.1) is 0 Å². The molecule has 0 aliphatic heterocycles. The predicted molar refractivity (Wildman–Crippen MR) is 101 cm³/mol. The van der Waals surface area contributed by atoms with Crippen LogP contribution in [0.25, 0.3) is 0 Å².